The molecule has 0 aromatic heterocycles. The number of amides is 2. The highest BCUT2D eigenvalue weighted by Gasteiger charge is 2.10. The molecule has 0 aliphatic rings. The SMILES string of the molecule is COc1ccc(C)cc1NCC(=O)NCC(=O)Nc1c(C)cc(C)cc1C. The molecule has 144 valence electrons. The van der Waals surface area contributed by atoms with E-state index in [1.54, 1.807) is 7.11 Å². The number of hydrogen-bond donors (Lipinski definition) is 3. The van der Waals surface area contributed by atoms with E-state index in [1.165, 1.54) is 0 Å². The van der Waals surface area contributed by atoms with Crippen LogP contribution in [-0.2, 0) is 9.59 Å². The first-order chi connectivity index (χ1) is 12.8. The lowest BCUT2D eigenvalue weighted by Crippen LogP contribution is -2.36. The van der Waals surface area contributed by atoms with Gasteiger partial charge in [-0.25, -0.2) is 0 Å². The number of carbonyl (C=O) groups excluding carboxylic acids is 2. The summed E-state index contributed by atoms with van der Waals surface area (Å²) in [6.07, 6.45) is 0. The van der Waals surface area contributed by atoms with E-state index >= 15 is 0 Å². The Morgan fingerprint density at radius 2 is 1.56 bits per heavy atom. The topological polar surface area (TPSA) is 79.5 Å². The van der Waals surface area contributed by atoms with Crippen molar-refractivity contribution in [3.8, 4) is 5.75 Å². The van der Waals surface area contributed by atoms with Gasteiger partial charge in [0, 0.05) is 5.69 Å². The summed E-state index contributed by atoms with van der Waals surface area (Å²) in [7, 11) is 1.58. The molecule has 0 radical (unpaired) electrons. The highest BCUT2D eigenvalue weighted by molar-refractivity contribution is 5.96. The van der Waals surface area contributed by atoms with Crippen LogP contribution in [0.5, 0.6) is 5.75 Å². The first-order valence-corrected chi connectivity index (χ1v) is 8.83. The molecule has 0 fully saturated rings. The van der Waals surface area contributed by atoms with Crippen LogP contribution >= 0.6 is 0 Å². The standard InChI is InChI=1S/C21H27N3O3/c1-13-6-7-18(27-5)17(10-13)22-11-19(25)23-12-20(26)24-21-15(3)8-14(2)9-16(21)4/h6-10,22H,11-12H2,1-5H3,(H,23,25)(H,24,26). The monoisotopic (exact) mass is 369 g/mol. The molecule has 0 atom stereocenters. The molecule has 6 heteroatoms. The van der Waals surface area contributed by atoms with Crippen LogP contribution in [0.25, 0.3) is 0 Å². The van der Waals surface area contributed by atoms with Gasteiger partial charge in [0.25, 0.3) is 0 Å². The van der Waals surface area contributed by atoms with Gasteiger partial charge < -0.3 is 20.7 Å². The molecule has 3 N–H and O–H groups in total. The molecule has 0 bridgehead atoms. The minimum absolute atomic E-state index is 0.0513. The van der Waals surface area contributed by atoms with Crippen LogP contribution < -0.4 is 20.7 Å². The number of ether oxygens (including phenoxy) is 1. The largest absolute Gasteiger partial charge is 0.495 e. The maximum Gasteiger partial charge on any atom is 0.243 e. The number of methoxy groups -OCH3 is 1. The highest BCUT2D eigenvalue weighted by Crippen LogP contribution is 2.25. The third-order valence-corrected chi connectivity index (χ3v) is 4.18. The predicted octanol–water partition coefficient (Wildman–Crippen LogP) is 3.10. The Bertz CT molecular complexity index is 824. The molecule has 27 heavy (non-hydrogen) atoms. The van der Waals surface area contributed by atoms with Crippen molar-refractivity contribution in [3.05, 3.63) is 52.6 Å². The Kier molecular flexibility index (Phi) is 6.82. The number of nitrogens with one attached hydrogen (secondary N) is 3. The average molecular weight is 369 g/mol. The number of benzene rings is 2. The van der Waals surface area contributed by atoms with Gasteiger partial charge in [-0.2, -0.15) is 0 Å². The van der Waals surface area contributed by atoms with E-state index in [4.69, 9.17) is 4.74 Å². The van der Waals surface area contributed by atoms with Gasteiger partial charge in [-0.15, -0.1) is 0 Å². The van der Waals surface area contributed by atoms with Crippen molar-refractivity contribution in [1.29, 1.82) is 0 Å². The lowest BCUT2D eigenvalue weighted by molar-refractivity contribution is -0.122. The van der Waals surface area contributed by atoms with Crippen molar-refractivity contribution in [2.24, 2.45) is 0 Å². The summed E-state index contributed by atoms with van der Waals surface area (Å²) in [6, 6.07) is 9.71. The van der Waals surface area contributed by atoms with Crippen molar-refractivity contribution in [2.45, 2.75) is 27.7 Å². The Labute approximate surface area is 160 Å². The minimum atomic E-state index is -0.272. The third kappa shape index (κ3) is 5.74. The van der Waals surface area contributed by atoms with Gasteiger partial charge in [0.2, 0.25) is 11.8 Å². The van der Waals surface area contributed by atoms with Crippen LogP contribution in [0.2, 0.25) is 0 Å². The Balaban J connectivity index is 1.85. The number of hydrogen-bond acceptors (Lipinski definition) is 4. The van der Waals surface area contributed by atoms with Gasteiger partial charge in [-0.05, 0) is 56.5 Å². The number of rotatable bonds is 7. The summed E-state index contributed by atoms with van der Waals surface area (Å²) in [6.45, 7) is 7.85. The summed E-state index contributed by atoms with van der Waals surface area (Å²) in [5.41, 5.74) is 5.74. The van der Waals surface area contributed by atoms with Gasteiger partial charge in [0.1, 0.15) is 5.75 Å². The van der Waals surface area contributed by atoms with E-state index in [0.717, 1.165) is 33.6 Å². The summed E-state index contributed by atoms with van der Waals surface area (Å²) in [5.74, 6) is 0.133. The van der Waals surface area contributed by atoms with Crippen LogP contribution in [0.3, 0.4) is 0 Å². The van der Waals surface area contributed by atoms with Crippen molar-refractivity contribution in [1.82, 2.24) is 5.32 Å². The van der Waals surface area contributed by atoms with E-state index < -0.39 is 0 Å². The number of carbonyl (C=O) groups is 2. The fourth-order valence-corrected chi connectivity index (χ4v) is 2.94. The van der Waals surface area contributed by atoms with Crippen LogP contribution in [0, 0.1) is 27.7 Å². The molecule has 0 unspecified atom stereocenters. The second-order valence-corrected chi connectivity index (χ2v) is 6.66. The first-order valence-electron chi connectivity index (χ1n) is 8.83. The lowest BCUT2D eigenvalue weighted by Gasteiger charge is -2.14. The molecule has 6 nitrogen and oxygen atoms in total. The zero-order chi connectivity index (χ0) is 20.0. The second kappa shape index (κ2) is 9.07. The normalized spacial score (nSPS) is 10.3. The molecule has 2 aromatic rings. The maximum absolute atomic E-state index is 12.2. The fraction of sp³-hybridized carbons (Fsp3) is 0.333. The molecule has 2 rings (SSSR count). The van der Waals surface area contributed by atoms with Gasteiger partial charge >= 0.3 is 0 Å². The molecule has 0 aliphatic heterocycles. The minimum Gasteiger partial charge on any atom is -0.495 e. The summed E-state index contributed by atoms with van der Waals surface area (Å²) >= 11 is 0. The summed E-state index contributed by atoms with van der Waals surface area (Å²) in [4.78, 5) is 24.2. The molecule has 2 aromatic carbocycles. The van der Waals surface area contributed by atoms with Crippen LogP contribution in [-0.4, -0.2) is 32.0 Å². The quantitative estimate of drug-likeness (QED) is 0.701. The molecular weight excluding hydrogens is 342 g/mol. The van der Waals surface area contributed by atoms with Gasteiger partial charge in [-0.1, -0.05) is 23.8 Å². The van der Waals surface area contributed by atoms with Crippen LogP contribution in [0.1, 0.15) is 22.3 Å². The molecule has 0 heterocycles. The zero-order valence-electron chi connectivity index (χ0n) is 16.5. The van der Waals surface area contributed by atoms with Crippen LogP contribution in [0.4, 0.5) is 11.4 Å². The van der Waals surface area contributed by atoms with E-state index in [1.807, 2.05) is 58.0 Å². The molecule has 2 amide bonds. The van der Waals surface area contributed by atoms with Gasteiger partial charge in [0.15, 0.2) is 0 Å². The lowest BCUT2D eigenvalue weighted by atomic mass is 10.1. The van der Waals surface area contributed by atoms with Crippen molar-refractivity contribution >= 4 is 23.2 Å². The first kappa shape index (κ1) is 20.3. The fourth-order valence-electron chi connectivity index (χ4n) is 2.94. The Hall–Kier alpha value is -3.02. The predicted molar refractivity (Wildman–Crippen MR) is 109 cm³/mol. The van der Waals surface area contributed by atoms with Crippen molar-refractivity contribution < 1.29 is 14.3 Å². The van der Waals surface area contributed by atoms with E-state index in [2.05, 4.69) is 16.0 Å². The maximum atomic E-state index is 12.2. The van der Waals surface area contributed by atoms with Crippen molar-refractivity contribution in [3.63, 3.8) is 0 Å². The third-order valence-electron chi connectivity index (χ3n) is 4.18. The van der Waals surface area contributed by atoms with Gasteiger partial charge in [-0.3, -0.25) is 9.59 Å². The molecule has 0 aliphatic carbocycles. The van der Waals surface area contributed by atoms with E-state index in [0.29, 0.717) is 5.75 Å². The van der Waals surface area contributed by atoms with E-state index in [9.17, 15) is 9.59 Å². The molecule has 0 spiro atoms. The Morgan fingerprint density at radius 3 is 2.19 bits per heavy atom. The van der Waals surface area contributed by atoms with Crippen molar-refractivity contribution in [2.75, 3.05) is 30.8 Å². The van der Waals surface area contributed by atoms with Gasteiger partial charge in [0.05, 0.1) is 25.9 Å². The summed E-state index contributed by atoms with van der Waals surface area (Å²) in [5, 5.41) is 8.52. The molecule has 0 saturated heterocycles. The molecular formula is C21H27N3O3. The summed E-state index contributed by atoms with van der Waals surface area (Å²) < 4.78 is 5.27. The number of anilines is 2. The molecule has 0 saturated carbocycles. The smallest absolute Gasteiger partial charge is 0.243 e. The second-order valence-electron chi connectivity index (χ2n) is 6.66. The average Bonchev–Trinajstić information content (AvgIpc) is 2.61. The number of aryl methyl sites for hydroxylation is 4. The van der Waals surface area contributed by atoms with E-state index in [-0.39, 0.29) is 24.9 Å². The Morgan fingerprint density at radius 1 is 0.889 bits per heavy atom. The van der Waals surface area contributed by atoms with Crippen LogP contribution in [0.15, 0.2) is 30.3 Å². The zero-order valence-corrected chi connectivity index (χ0v) is 16.5. The highest BCUT2D eigenvalue weighted by atomic mass is 16.5.